The number of allylic oxidation sites excluding steroid dienone is 1. The van der Waals surface area contributed by atoms with E-state index in [4.69, 9.17) is 9.47 Å². The molecular weight excluding hydrogens is 600 g/mol. The second-order valence-electron chi connectivity index (χ2n) is 13.0. The topological polar surface area (TPSA) is 132 Å². The maximum Gasteiger partial charge on any atom is 0.270 e. The Morgan fingerprint density at radius 1 is 0.809 bits per heavy atom. The lowest BCUT2D eigenvalue weighted by molar-refractivity contribution is -0.384. The number of H-pyrrole nitrogens is 1. The molecule has 2 aromatic heterocycles. The van der Waals surface area contributed by atoms with E-state index in [0.29, 0.717) is 12.1 Å². The van der Waals surface area contributed by atoms with E-state index in [1.54, 1.807) is 24.3 Å². The summed E-state index contributed by atoms with van der Waals surface area (Å²) >= 11 is 0. The number of benzene rings is 2. The molecule has 0 bridgehead atoms. The predicted octanol–water partition coefficient (Wildman–Crippen LogP) is 5.89. The third-order valence-corrected chi connectivity index (χ3v) is 10.4. The predicted molar refractivity (Wildman–Crippen MR) is 180 cm³/mol. The minimum Gasteiger partial charge on any atom is -0.381 e. The van der Waals surface area contributed by atoms with Crippen molar-refractivity contribution in [2.45, 2.75) is 70.2 Å². The van der Waals surface area contributed by atoms with Crippen molar-refractivity contribution in [3.05, 3.63) is 91.8 Å². The molecule has 0 saturated carbocycles. The Hall–Kier alpha value is -4.10. The molecule has 1 N–H and O–H groups in total. The number of nitrogens with zero attached hydrogens (tertiary/aromatic N) is 5. The molecular formula is C35H42N6O6. The van der Waals surface area contributed by atoms with E-state index in [1.165, 1.54) is 22.5 Å². The molecule has 4 aliphatic rings. The van der Waals surface area contributed by atoms with Crippen LogP contribution in [0.3, 0.4) is 0 Å². The minimum atomic E-state index is -0.322. The molecule has 0 unspecified atom stereocenters. The molecule has 8 rings (SSSR count). The van der Waals surface area contributed by atoms with Crippen LogP contribution in [0.15, 0.2) is 49.1 Å². The van der Waals surface area contributed by atoms with E-state index in [1.807, 2.05) is 18.2 Å². The Balaban J connectivity index is 0.000000151. The van der Waals surface area contributed by atoms with Crippen molar-refractivity contribution < 1.29 is 19.3 Å². The number of nitrogens with one attached hydrogen (secondary N) is 1. The molecule has 0 atom stereocenters. The Morgan fingerprint density at radius 3 is 2.00 bits per heavy atom. The monoisotopic (exact) mass is 642 g/mol. The molecule has 248 valence electrons. The number of ether oxygens (including phenoxy) is 2. The van der Waals surface area contributed by atoms with Crippen LogP contribution in [0.1, 0.15) is 48.2 Å². The van der Waals surface area contributed by atoms with Crippen molar-refractivity contribution in [1.82, 2.24) is 19.4 Å². The smallest absolute Gasteiger partial charge is 0.270 e. The van der Waals surface area contributed by atoms with Gasteiger partial charge in [-0.2, -0.15) is 0 Å². The van der Waals surface area contributed by atoms with E-state index < -0.39 is 0 Å². The first kappa shape index (κ1) is 31.5. The van der Waals surface area contributed by atoms with Gasteiger partial charge < -0.3 is 19.0 Å². The highest BCUT2D eigenvalue weighted by Gasteiger charge is 2.30. The van der Waals surface area contributed by atoms with Gasteiger partial charge in [-0.25, -0.2) is 0 Å². The highest BCUT2D eigenvalue weighted by Crippen LogP contribution is 2.35. The summed E-state index contributed by atoms with van der Waals surface area (Å²) in [7, 11) is 0. The van der Waals surface area contributed by atoms with Crippen LogP contribution in [-0.2, 0) is 41.9 Å². The van der Waals surface area contributed by atoms with Crippen LogP contribution in [0, 0.1) is 20.2 Å². The third kappa shape index (κ3) is 6.30. The van der Waals surface area contributed by atoms with Gasteiger partial charge in [0.25, 0.3) is 11.4 Å². The first-order valence-electron chi connectivity index (χ1n) is 16.7. The van der Waals surface area contributed by atoms with Gasteiger partial charge in [-0.1, -0.05) is 6.08 Å². The number of fused-ring (bicyclic) bond motifs is 6. The van der Waals surface area contributed by atoms with E-state index in [-0.39, 0.29) is 21.2 Å². The summed E-state index contributed by atoms with van der Waals surface area (Å²) in [4.78, 5) is 30.1. The second-order valence-corrected chi connectivity index (χ2v) is 13.0. The van der Waals surface area contributed by atoms with E-state index in [2.05, 4.69) is 25.9 Å². The van der Waals surface area contributed by atoms with Crippen molar-refractivity contribution in [2.24, 2.45) is 0 Å². The maximum absolute atomic E-state index is 11.2. The zero-order chi connectivity index (χ0) is 32.5. The van der Waals surface area contributed by atoms with Crippen LogP contribution in [-0.4, -0.2) is 80.8 Å². The summed E-state index contributed by atoms with van der Waals surface area (Å²) in [5, 5.41) is 24.2. The van der Waals surface area contributed by atoms with Gasteiger partial charge in [0.05, 0.1) is 9.85 Å². The van der Waals surface area contributed by atoms with Gasteiger partial charge in [0.15, 0.2) is 0 Å². The number of rotatable bonds is 6. The van der Waals surface area contributed by atoms with Gasteiger partial charge in [0.2, 0.25) is 0 Å². The normalized spacial score (nSPS) is 19.6. The number of hydrogen-bond donors (Lipinski definition) is 1. The number of nitro benzene ring substituents is 2. The average molecular weight is 643 g/mol. The first-order valence-corrected chi connectivity index (χ1v) is 16.7. The van der Waals surface area contributed by atoms with Crippen molar-refractivity contribution in [3.8, 4) is 0 Å². The van der Waals surface area contributed by atoms with Crippen molar-refractivity contribution >= 4 is 33.2 Å². The fraction of sp³-hybridized carbons (Fsp3) is 0.486. The molecule has 0 aliphatic carbocycles. The van der Waals surface area contributed by atoms with Crippen LogP contribution < -0.4 is 0 Å². The molecule has 12 nitrogen and oxygen atoms in total. The van der Waals surface area contributed by atoms with Gasteiger partial charge >= 0.3 is 0 Å². The SMILES string of the molecule is C=CCn1c2c(c3cc([N+](=O)[O-])ccc31)CN(C1CCOCC1)CC2.O=[N+]([O-])c1ccc2[nH]c3c(c2c1)CN(C1CCOCC1)CC3. The number of non-ortho nitro benzene ring substituents is 2. The van der Waals surface area contributed by atoms with Crippen LogP contribution in [0.2, 0.25) is 0 Å². The van der Waals surface area contributed by atoms with Crippen LogP contribution in [0.5, 0.6) is 0 Å². The highest BCUT2D eigenvalue weighted by atomic mass is 16.6. The average Bonchev–Trinajstić information content (AvgIpc) is 3.63. The van der Waals surface area contributed by atoms with Crippen molar-refractivity contribution in [1.29, 1.82) is 0 Å². The summed E-state index contributed by atoms with van der Waals surface area (Å²) in [6.07, 6.45) is 8.15. The molecule has 47 heavy (non-hydrogen) atoms. The quantitative estimate of drug-likeness (QED) is 0.157. The van der Waals surface area contributed by atoms with E-state index >= 15 is 0 Å². The first-order chi connectivity index (χ1) is 22.9. The molecule has 12 heteroatoms. The maximum atomic E-state index is 11.2. The molecule has 4 aromatic rings. The zero-order valence-corrected chi connectivity index (χ0v) is 26.7. The third-order valence-electron chi connectivity index (χ3n) is 10.4. The summed E-state index contributed by atoms with van der Waals surface area (Å²) in [6.45, 7) is 11.8. The Morgan fingerprint density at radius 2 is 1.38 bits per heavy atom. The van der Waals surface area contributed by atoms with Gasteiger partial charge in [-0.15, -0.1) is 6.58 Å². The summed E-state index contributed by atoms with van der Waals surface area (Å²) in [5.74, 6) is 0. The Bertz CT molecular complexity index is 1800. The fourth-order valence-corrected chi connectivity index (χ4v) is 7.97. The molecule has 0 spiro atoms. The Kier molecular flexibility index (Phi) is 9.09. The fourth-order valence-electron chi connectivity index (χ4n) is 7.97. The highest BCUT2D eigenvalue weighted by molar-refractivity contribution is 5.88. The molecule has 4 aliphatic heterocycles. The standard InChI is InChI=1S/C19H23N3O3.C16H19N3O3/c1-2-8-21-18-4-3-15(22(23)24)12-16(18)17-13-20(9-5-19(17)21)14-6-10-25-11-7-14;20-19(21)12-1-2-15-13(9-12)14-10-18(6-3-16(14)17-15)11-4-7-22-8-5-11/h2-4,12,14H,1,5-11,13H2;1-2,9,11,17H,3-8,10H2. The minimum absolute atomic E-state index is 0.161. The van der Waals surface area contributed by atoms with Crippen LogP contribution >= 0.6 is 0 Å². The van der Waals surface area contributed by atoms with Gasteiger partial charge in [-0.3, -0.25) is 30.0 Å². The number of hydrogen-bond acceptors (Lipinski definition) is 8. The number of nitro groups is 2. The lowest BCUT2D eigenvalue weighted by atomic mass is 9.99. The molecule has 2 aromatic carbocycles. The summed E-state index contributed by atoms with van der Waals surface area (Å²) in [5.41, 5.74) is 7.42. The Labute approximate surface area is 273 Å². The largest absolute Gasteiger partial charge is 0.381 e. The number of aromatic amines is 1. The lowest BCUT2D eigenvalue weighted by Crippen LogP contribution is -2.42. The molecule has 0 amide bonds. The zero-order valence-electron chi connectivity index (χ0n) is 26.7. The van der Waals surface area contributed by atoms with E-state index in [9.17, 15) is 20.2 Å². The van der Waals surface area contributed by atoms with Gasteiger partial charge in [0.1, 0.15) is 0 Å². The molecule has 0 radical (unpaired) electrons. The van der Waals surface area contributed by atoms with Crippen LogP contribution in [0.25, 0.3) is 21.8 Å². The van der Waals surface area contributed by atoms with Gasteiger partial charge in [0, 0.05) is 142 Å². The summed E-state index contributed by atoms with van der Waals surface area (Å²) in [6, 6.07) is 11.5. The summed E-state index contributed by atoms with van der Waals surface area (Å²) < 4.78 is 13.2. The van der Waals surface area contributed by atoms with Gasteiger partial charge in [-0.05, 0) is 48.9 Å². The molecule has 6 heterocycles. The van der Waals surface area contributed by atoms with Crippen LogP contribution in [0.4, 0.5) is 11.4 Å². The van der Waals surface area contributed by atoms with Crippen molar-refractivity contribution in [3.63, 3.8) is 0 Å². The second kappa shape index (κ2) is 13.6. The van der Waals surface area contributed by atoms with Crippen molar-refractivity contribution in [2.75, 3.05) is 39.5 Å². The van der Waals surface area contributed by atoms with E-state index in [0.717, 1.165) is 119 Å². The number of aromatic nitrogens is 2. The molecule has 2 saturated heterocycles. The lowest BCUT2D eigenvalue weighted by Gasteiger charge is -2.37. The molecule has 2 fully saturated rings.